The predicted octanol–water partition coefficient (Wildman–Crippen LogP) is 3.34. The van der Waals surface area contributed by atoms with E-state index in [-0.39, 0.29) is 12.4 Å². The van der Waals surface area contributed by atoms with Crippen molar-refractivity contribution in [1.29, 1.82) is 0 Å². The Morgan fingerprint density at radius 2 is 2.14 bits per heavy atom. The lowest BCUT2D eigenvalue weighted by Crippen LogP contribution is -2.24. The molecule has 114 valence electrons. The number of hydrazone groups is 1. The highest BCUT2D eigenvalue weighted by molar-refractivity contribution is 9.10. The molecule has 0 saturated carbocycles. The molecule has 2 N–H and O–H groups in total. The second-order valence-corrected chi connectivity index (χ2v) is 5.54. The van der Waals surface area contributed by atoms with Crippen molar-refractivity contribution in [2.24, 2.45) is 5.10 Å². The molecule has 0 spiro atoms. The Balaban J connectivity index is 1.84. The number of phenols is 1. The number of ether oxygens (including phenoxy) is 1. The SMILES string of the molecule is O=C(COc1ccc(Br)cc1Cl)NN=Cc1ccccc1O. The molecule has 0 aromatic heterocycles. The van der Waals surface area contributed by atoms with Crippen LogP contribution in [-0.4, -0.2) is 23.8 Å². The summed E-state index contributed by atoms with van der Waals surface area (Å²) in [6.45, 7) is -0.223. The van der Waals surface area contributed by atoms with Crippen molar-refractivity contribution < 1.29 is 14.6 Å². The van der Waals surface area contributed by atoms with E-state index < -0.39 is 5.91 Å². The third kappa shape index (κ3) is 4.75. The summed E-state index contributed by atoms with van der Waals surface area (Å²) in [6, 6.07) is 11.7. The number of carbonyl (C=O) groups is 1. The minimum absolute atomic E-state index is 0.0818. The van der Waals surface area contributed by atoms with Gasteiger partial charge in [0, 0.05) is 10.0 Å². The van der Waals surface area contributed by atoms with E-state index in [4.69, 9.17) is 16.3 Å². The first-order chi connectivity index (χ1) is 10.6. The van der Waals surface area contributed by atoms with Gasteiger partial charge in [-0.2, -0.15) is 5.10 Å². The molecule has 0 aliphatic carbocycles. The van der Waals surface area contributed by atoms with Crippen molar-refractivity contribution in [3.63, 3.8) is 0 Å². The van der Waals surface area contributed by atoms with Crippen molar-refractivity contribution in [2.45, 2.75) is 0 Å². The summed E-state index contributed by atoms with van der Waals surface area (Å²) in [6.07, 6.45) is 1.35. The first-order valence-electron chi connectivity index (χ1n) is 6.24. The Kier molecular flexibility index (Phi) is 5.80. The third-order valence-corrected chi connectivity index (χ3v) is 3.37. The van der Waals surface area contributed by atoms with Crippen LogP contribution in [0.25, 0.3) is 0 Å². The standard InChI is InChI=1S/C15H12BrClN2O3/c16-11-5-6-14(12(17)7-11)22-9-15(21)19-18-8-10-3-1-2-4-13(10)20/h1-8,20H,9H2,(H,19,21). The van der Waals surface area contributed by atoms with Crippen LogP contribution >= 0.6 is 27.5 Å². The van der Waals surface area contributed by atoms with Crippen LogP contribution in [0.4, 0.5) is 0 Å². The van der Waals surface area contributed by atoms with Gasteiger partial charge in [-0.25, -0.2) is 5.43 Å². The van der Waals surface area contributed by atoms with E-state index in [1.807, 2.05) is 0 Å². The summed E-state index contributed by atoms with van der Waals surface area (Å²) in [5.41, 5.74) is 2.80. The predicted molar refractivity (Wildman–Crippen MR) is 88.5 cm³/mol. The molecule has 0 aliphatic rings. The molecule has 0 radical (unpaired) electrons. The van der Waals surface area contributed by atoms with Gasteiger partial charge in [-0.05, 0) is 30.3 Å². The fraction of sp³-hybridized carbons (Fsp3) is 0.0667. The Hall–Kier alpha value is -2.05. The maximum atomic E-state index is 11.6. The highest BCUT2D eigenvalue weighted by atomic mass is 79.9. The van der Waals surface area contributed by atoms with Gasteiger partial charge in [0.2, 0.25) is 0 Å². The van der Waals surface area contributed by atoms with Crippen molar-refractivity contribution in [1.82, 2.24) is 5.43 Å². The van der Waals surface area contributed by atoms with E-state index in [2.05, 4.69) is 26.5 Å². The number of hydrogen-bond acceptors (Lipinski definition) is 4. The van der Waals surface area contributed by atoms with Crippen LogP contribution in [0.3, 0.4) is 0 Å². The number of aromatic hydroxyl groups is 1. The summed E-state index contributed by atoms with van der Waals surface area (Å²) >= 11 is 9.25. The fourth-order valence-corrected chi connectivity index (χ4v) is 2.27. The van der Waals surface area contributed by atoms with Gasteiger partial charge in [-0.15, -0.1) is 0 Å². The van der Waals surface area contributed by atoms with Crippen LogP contribution in [0, 0.1) is 0 Å². The number of nitrogens with one attached hydrogen (secondary N) is 1. The molecule has 7 heteroatoms. The number of phenolic OH excluding ortho intramolecular Hbond substituents is 1. The Morgan fingerprint density at radius 1 is 1.36 bits per heavy atom. The molecule has 0 fully saturated rings. The van der Waals surface area contributed by atoms with Crippen LogP contribution in [0.2, 0.25) is 5.02 Å². The highest BCUT2D eigenvalue weighted by Gasteiger charge is 2.05. The molecule has 1 amide bonds. The molecular weight excluding hydrogens is 372 g/mol. The van der Waals surface area contributed by atoms with Gasteiger partial charge in [-0.1, -0.05) is 39.7 Å². The van der Waals surface area contributed by atoms with Gasteiger partial charge in [0.25, 0.3) is 5.91 Å². The number of carbonyl (C=O) groups excluding carboxylic acids is 1. The van der Waals surface area contributed by atoms with Crippen LogP contribution in [0.5, 0.6) is 11.5 Å². The van der Waals surface area contributed by atoms with Gasteiger partial charge in [0.1, 0.15) is 11.5 Å². The smallest absolute Gasteiger partial charge is 0.277 e. The van der Waals surface area contributed by atoms with Gasteiger partial charge >= 0.3 is 0 Å². The summed E-state index contributed by atoms with van der Waals surface area (Å²) < 4.78 is 6.11. The van der Waals surface area contributed by atoms with Crippen molar-refractivity contribution >= 4 is 39.7 Å². The van der Waals surface area contributed by atoms with E-state index in [1.54, 1.807) is 36.4 Å². The maximum absolute atomic E-state index is 11.6. The van der Waals surface area contributed by atoms with Gasteiger partial charge in [-0.3, -0.25) is 4.79 Å². The third-order valence-electron chi connectivity index (χ3n) is 2.58. The van der Waals surface area contributed by atoms with Crippen LogP contribution < -0.4 is 10.2 Å². The number of halogens is 2. The molecule has 2 aromatic carbocycles. The van der Waals surface area contributed by atoms with Gasteiger partial charge in [0.05, 0.1) is 11.2 Å². The van der Waals surface area contributed by atoms with Crippen molar-refractivity contribution in [3.8, 4) is 11.5 Å². The minimum atomic E-state index is -0.439. The normalized spacial score (nSPS) is 10.6. The first kappa shape index (κ1) is 16.3. The zero-order valence-corrected chi connectivity index (χ0v) is 13.6. The quantitative estimate of drug-likeness (QED) is 0.614. The topological polar surface area (TPSA) is 70.9 Å². The second kappa shape index (κ2) is 7.82. The zero-order chi connectivity index (χ0) is 15.9. The molecule has 0 bridgehead atoms. The highest BCUT2D eigenvalue weighted by Crippen LogP contribution is 2.27. The fourth-order valence-electron chi connectivity index (χ4n) is 1.54. The molecule has 0 heterocycles. The first-order valence-corrected chi connectivity index (χ1v) is 7.41. The lowest BCUT2D eigenvalue weighted by atomic mass is 10.2. The van der Waals surface area contributed by atoms with Gasteiger partial charge < -0.3 is 9.84 Å². The van der Waals surface area contributed by atoms with Crippen LogP contribution in [0.1, 0.15) is 5.56 Å². The number of hydrogen-bond donors (Lipinski definition) is 2. The Bertz CT molecular complexity index is 707. The molecule has 2 aromatic rings. The molecule has 2 rings (SSSR count). The van der Waals surface area contributed by atoms with E-state index in [9.17, 15) is 9.90 Å². The molecule has 0 atom stereocenters. The van der Waals surface area contributed by atoms with E-state index in [0.29, 0.717) is 16.3 Å². The summed E-state index contributed by atoms with van der Waals surface area (Å²) in [4.78, 5) is 11.6. The minimum Gasteiger partial charge on any atom is -0.507 e. The monoisotopic (exact) mass is 382 g/mol. The molecular formula is C15H12BrClN2O3. The summed E-state index contributed by atoms with van der Waals surface area (Å²) in [7, 11) is 0. The average Bonchev–Trinajstić information content (AvgIpc) is 2.48. The molecule has 5 nitrogen and oxygen atoms in total. The van der Waals surface area contributed by atoms with Crippen LogP contribution in [0.15, 0.2) is 52.0 Å². The van der Waals surface area contributed by atoms with E-state index >= 15 is 0 Å². The maximum Gasteiger partial charge on any atom is 0.277 e. The molecule has 0 saturated heterocycles. The van der Waals surface area contributed by atoms with E-state index in [1.165, 1.54) is 12.3 Å². The van der Waals surface area contributed by atoms with Crippen LogP contribution in [-0.2, 0) is 4.79 Å². The number of amides is 1. The summed E-state index contributed by atoms with van der Waals surface area (Å²) in [5, 5.41) is 13.7. The number of benzene rings is 2. The Morgan fingerprint density at radius 3 is 2.86 bits per heavy atom. The second-order valence-electron chi connectivity index (χ2n) is 4.22. The van der Waals surface area contributed by atoms with Crippen molar-refractivity contribution in [3.05, 3.63) is 57.5 Å². The lowest BCUT2D eigenvalue weighted by molar-refractivity contribution is -0.123. The number of nitrogens with zero attached hydrogens (tertiary/aromatic N) is 1. The lowest BCUT2D eigenvalue weighted by Gasteiger charge is -2.07. The molecule has 22 heavy (non-hydrogen) atoms. The van der Waals surface area contributed by atoms with Gasteiger partial charge in [0.15, 0.2) is 6.61 Å². The number of para-hydroxylation sites is 1. The molecule has 0 aliphatic heterocycles. The van der Waals surface area contributed by atoms with E-state index in [0.717, 1.165) is 4.47 Å². The average molecular weight is 384 g/mol. The summed E-state index contributed by atoms with van der Waals surface area (Å²) in [5.74, 6) is 0.0498. The Labute approximate surface area is 140 Å². The largest absolute Gasteiger partial charge is 0.507 e. The number of rotatable bonds is 5. The van der Waals surface area contributed by atoms with Crippen molar-refractivity contribution in [2.75, 3.05) is 6.61 Å². The molecule has 0 unspecified atom stereocenters. The zero-order valence-electron chi connectivity index (χ0n) is 11.3.